The lowest BCUT2D eigenvalue weighted by molar-refractivity contribution is -0.119. The Bertz CT molecular complexity index is 1180. The number of hydrogen-bond donors (Lipinski definition) is 0. The molecule has 0 atom stereocenters. The van der Waals surface area contributed by atoms with Crippen LogP contribution in [0.1, 0.15) is 111 Å². The van der Waals surface area contributed by atoms with E-state index in [4.69, 9.17) is 9.47 Å². The van der Waals surface area contributed by atoms with E-state index in [9.17, 15) is 9.59 Å². The summed E-state index contributed by atoms with van der Waals surface area (Å²) in [6, 6.07) is 4.51. The predicted molar refractivity (Wildman–Crippen MR) is 163 cm³/mol. The van der Waals surface area contributed by atoms with Crippen LogP contribution >= 0.6 is 22.6 Å². The highest BCUT2D eigenvalue weighted by Gasteiger charge is 2.50. The van der Waals surface area contributed by atoms with Crippen LogP contribution in [0, 0.1) is 14.4 Å². The van der Waals surface area contributed by atoms with E-state index >= 15 is 0 Å². The van der Waals surface area contributed by atoms with Gasteiger partial charge in [-0.2, -0.15) is 0 Å². The molecule has 1 aliphatic heterocycles. The minimum absolute atomic E-state index is 0.108. The molecule has 1 fully saturated rings. The Kier molecular flexibility index (Phi) is 7.99. The van der Waals surface area contributed by atoms with Crippen LogP contribution in [0.25, 0.3) is 0 Å². The van der Waals surface area contributed by atoms with Gasteiger partial charge in [0.15, 0.2) is 23.1 Å². The van der Waals surface area contributed by atoms with Crippen LogP contribution in [0.4, 0.5) is 0 Å². The molecular weight excluding hydrogens is 601 g/mol. The molecule has 4 aliphatic rings. The Morgan fingerprint density at radius 2 is 1.36 bits per heavy atom. The van der Waals surface area contributed by atoms with Gasteiger partial charge in [-0.1, -0.05) is 47.0 Å². The summed E-state index contributed by atoms with van der Waals surface area (Å²) in [5.41, 5.74) is 4.82. The quantitative estimate of drug-likeness (QED) is 0.293. The van der Waals surface area contributed by atoms with Gasteiger partial charge in [-0.05, 0) is 90.6 Å². The second-order valence-electron chi connectivity index (χ2n) is 13.4. The van der Waals surface area contributed by atoms with E-state index in [1.54, 1.807) is 0 Å². The summed E-state index contributed by atoms with van der Waals surface area (Å²) in [5.74, 6) is 1.45. The maximum absolute atomic E-state index is 14.2. The molecule has 0 amide bonds. The Hall–Kier alpha value is -1.83. The molecule has 0 aromatic heterocycles. The third-order valence-electron chi connectivity index (χ3n) is 8.85. The zero-order valence-electron chi connectivity index (χ0n) is 24.5. The van der Waals surface area contributed by atoms with Gasteiger partial charge in [-0.25, -0.2) is 0 Å². The van der Waals surface area contributed by atoms with Crippen LogP contribution < -0.4 is 9.47 Å². The highest BCUT2D eigenvalue weighted by Crippen LogP contribution is 2.56. The number of Topliss-reactive ketones (excluding diaryl/α,β-unsaturated/α-hetero) is 2. The number of allylic oxidation sites excluding steroid dienone is 4. The number of ether oxygens (including phenoxy) is 2. The largest absolute Gasteiger partial charge is 0.490 e. The first-order chi connectivity index (χ1) is 18.5. The first-order valence-corrected chi connectivity index (χ1v) is 15.9. The van der Waals surface area contributed by atoms with Crippen molar-refractivity contribution in [2.45, 2.75) is 111 Å². The fraction of sp³-hybridized carbons (Fsp3) is 0.636. The van der Waals surface area contributed by atoms with Gasteiger partial charge >= 0.3 is 0 Å². The Morgan fingerprint density at radius 1 is 0.821 bits per heavy atom. The highest BCUT2D eigenvalue weighted by atomic mass is 127. The minimum Gasteiger partial charge on any atom is -0.490 e. The number of rotatable bonds is 6. The monoisotopic (exact) mass is 645 g/mol. The number of ketones is 2. The first-order valence-electron chi connectivity index (χ1n) is 14.9. The van der Waals surface area contributed by atoms with Crippen molar-refractivity contribution in [3.63, 3.8) is 0 Å². The number of nitrogens with zero attached hydrogens (tertiary/aromatic N) is 1. The number of carbonyl (C=O) groups excluding carboxylic acids is 2. The Morgan fingerprint density at radius 3 is 1.87 bits per heavy atom. The molecule has 0 radical (unpaired) electrons. The molecule has 1 aromatic rings. The van der Waals surface area contributed by atoms with E-state index < -0.39 is 0 Å². The van der Waals surface area contributed by atoms with Crippen LogP contribution in [0.5, 0.6) is 11.5 Å². The zero-order valence-corrected chi connectivity index (χ0v) is 26.7. The molecule has 5 nitrogen and oxygen atoms in total. The molecule has 0 saturated heterocycles. The third-order valence-corrected chi connectivity index (χ3v) is 9.65. The van der Waals surface area contributed by atoms with Crippen LogP contribution in [-0.4, -0.2) is 35.7 Å². The fourth-order valence-corrected chi connectivity index (χ4v) is 8.19. The summed E-state index contributed by atoms with van der Waals surface area (Å²) in [6.45, 7) is 13.9. The lowest BCUT2D eigenvalue weighted by atomic mass is 9.63. The van der Waals surface area contributed by atoms with Gasteiger partial charge in [0.25, 0.3) is 0 Å². The van der Waals surface area contributed by atoms with Gasteiger partial charge in [-0.3, -0.25) is 9.59 Å². The zero-order chi connectivity index (χ0) is 28.1. The minimum atomic E-state index is -0.356. The number of carbonyl (C=O) groups is 2. The van der Waals surface area contributed by atoms with Crippen molar-refractivity contribution in [1.29, 1.82) is 0 Å². The van der Waals surface area contributed by atoms with E-state index in [2.05, 4.69) is 61.3 Å². The smallest absolute Gasteiger partial charge is 0.174 e. The maximum atomic E-state index is 14.2. The summed E-state index contributed by atoms with van der Waals surface area (Å²) in [7, 11) is 0. The summed E-state index contributed by atoms with van der Waals surface area (Å²) >= 11 is 2.31. The molecule has 0 bridgehead atoms. The van der Waals surface area contributed by atoms with Crippen molar-refractivity contribution in [2.24, 2.45) is 10.8 Å². The molecule has 1 aromatic carbocycles. The Labute approximate surface area is 247 Å². The standard InChI is InChI=1S/C33H44INO4/c1-7-38-27-15-20(14-22(34)31(27)39-8-2)28-29-23(16-32(3,4)18-25(29)36)35(21-12-10-9-11-13-21)24-17-33(5,6)19-26(37)30(24)28/h14-15,21,28H,7-13,16-19H2,1-6H3. The van der Waals surface area contributed by atoms with Crippen molar-refractivity contribution in [2.75, 3.05) is 13.2 Å². The summed E-state index contributed by atoms with van der Waals surface area (Å²) in [5, 5.41) is 0. The lowest BCUT2D eigenvalue weighted by Crippen LogP contribution is -2.48. The van der Waals surface area contributed by atoms with Gasteiger partial charge in [0, 0.05) is 47.3 Å². The topological polar surface area (TPSA) is 55.8 Å². The number of benzene rings is 1. The van der Waals surface area contributed by atoms with E-state index in [1.807, 2.05) is 19.9 Å². The number of halogens is 1. The molecule has 0 N–H and O–H groups in total. The SMILES string of the molecule is CCOc1cc(C2C3=C(CC(C)(C)CC3=O)N(C3CCCCC3)C3=C2C(=O)CC(C)(C)C3)cc(I)c1OCC. The van der Waals surface area contributed by atoms with Gasteiger partial charge in [-0.15, -0.1) is 0 Å². The first kappa shape index (κ1) is 28.7. The molecule has 1 heterocycles. The molecule has 6 heteroatoms. The van der Waals surface area contributed by atoms with E-state index in [0.29, 0.717) is 37.8 Å². The van der Waals surface area contributed by atoms with Crippen LogP contribution in [0.3, 0.4) is 0 Å². The number of hydrogen-bond acceptors (Lipinski definition) is 5. The van der Waals surface area contributed by atoms with Crippen LogP contribution in [-0.2, 0) is 9.59 Å². The summed E-state index contributed by atoms with van der Waals surface area (Å²) in [4.78, 5) is 30.8. The molecule has 0 spiro atoms. The Balaban J connectivity index is 1.78. The summed E-state index contributed by atoms with van der Waals surface area (Å²) in [6.07, 6.45) is 8.67. The normalized spacial score (nSPS) is 23.6. The predicted octanol–water partition coefficient (Wildman–Crippen LogP) is 8.11. The molecule has 1 saturated carbocycles. The fourth-order valence-electron chi connectivity index (χ4n) is 7.41. The molecular formula is C33H44INO4. The van der Waals surface area contributed by atoms with Crippen molar-refractivity contribution in [1.82, 2.24) is 4.90 Å². The molecule has 3 aliphatic carbocycles. The lowest BCUT2D eigenvalue weighted by Gasteiger charge is -2.52. The van der Waals surface area contributed by atoms with Crippen molar-refractivity contribution in [3.8, 4) is 11.5 Å². The van der Waals surface area contributed by atoms with Crippen molar-refractivity contribution < 1.29 is 19.1 Å². The van der Waals surface area contributed by atoms with E-state index in [1.165, 1.54) is 30.7 Å². The van der Waals surface area contributed by atoms with Crippen LogP contribution in [0.15, 0.2) is 34.7 Å². The second-order valence-corrected chi connectivity index (χ2v) is 14.6. The van der Waals surface area contributed by atoms with Gasteiger partial charge < -0.3 is 14.4 Å². The second kappa shape index (κ2) is 10.9. The average molecular weight is 646 g/mol. The van der Waals surface area contributed by atoms with Gasteiger partial charge in [0.05, 0.1) is 16.8 Å². The average Bonchev–Trinajstić information content (AvgIpc) is 2.84. The molecule has 39 heavy (non-hydrogen) atoms. The van der Waals surface area contributed by atoms with E-state index in [-0.39, 0.29) is 28.3 Å². The van der Waals surface area contributed by atoms with Crippen molar-refractivity contribution in [3.05, 3.63) is 43.8 Å². The summed E-state index contributed by atoms with van der Waals surface area (Å²) < 4.78 is 13.0. The highest BCUT2D eigenvalue weighted by molar-refractivity contribution is 14.1. The van der Waals surface area contributed by atoms with Gasteiger partial charge in [0.2, 0.25) is 0 Å². The van der Waals surface area contributed by atoms with Gasteiger partial charge in [0.1, 0.15) is 0 Å². The maximum Gasteiger partial charge on any atom is 0.174 e. The van der Waals surface area contributed by atoms with Crippen molar-refractivity contribution >= 4 is 34.2 Å². The molecule has 0 unspecified atom stereocenters. The molecule has 5 rings (SSSR count). The van der Waals surface area contributed by atoms with Crippen LogP contribution in [0.2, 0.25) is 0 Å². The van der Waals surface area contributed by atoms with E-state index in [0.717, 1.165) is 51.7 Å². The molecule has 212 valence electrons. The third kappa shape index (κ3) is 5.43.